The van der Waals surface area contributed by atoms with Gasteiger partial charge in [-0.2, -0.15) is 0 Å². The van der Waals surface area contributed by atoms with E-state index in [4.69, 9.17) is 5.11 Å². The van der Waals surface area contributed by atoms with Crippen LogP contribution in [0, 0.1) is 12.7 Å². The van der Waals surface area contributed by atoms with Crippen LogP contribution in [-0.2, 0) is 4.79 Å². The molecule has 0 spiro atoms. The third-order valence-electron chi connectivity index (χ3n) is 5.23. The molecule has 1 atom stereocenters. The van der Waals surface area contributed by atoms with E-state index in [9.17, 15) is 14.0 Å². The molecule has 0 saturated carbocycles. The molecule has 1 fully saturated rings. The molecule has 28 heavy (non-hydrogen) atoms. The van der Waals surface area contributed by atoms with Crippen molar-refractivity contribution in [2.75, 3.05) is 26.2 Å². The Morgan fingerprint density at radius 1 is 1.00 bits per heavy atom. The van der Waals surface area contributed by atoms with Crippen LogP contribution in [0.1, 0.15) is 40.4 Å². The Labute approximate surface area is 164 Å². The van der Waals surface area contributed by atoms with E-state index in [-0.39, 0.29) is 24.2 Å². The van der Waals surface area contributed by atoms with Crippen LogP contribution < -0.4 is 0 Å². The van der Waals surface area contributed by atoms with E-state index in [0.29, 0.717) is 38.2 Å². The highest BCUT2D eigenvalue weighted by molar-refractivity contribution is 5.94. The van der Waals surface area contributed by atoms with Crippen molar-refractivity contribution in [3.05, 3.63) is 71.0 Å². The van der Waals surface area contributed by atoms with Crippen molar-refractivity contribution in [1.82, 2.24) is 9.80 Å². The number of nitrogens with zero attached hydrogens (tertiary/aromatic N) is 2. The molecule has 1 aliphatic heterocycles. The van der Waals surface area contributed by atoms with Crippen molar-refractivity contribution in [3.63, 3.8) is 0 Å². The van der Waals surface area contributed by atoms with E-state index in [1.54, 1.807) is 12.1 Å². The number of carbonyl (C=O) groups is 2. The minimum absolute atomic E-state index is 0.0171. The van der Waals surface area contributed by atoms with E-state index in [1.165, 1.54) is 12.1 Å². The fourth-order valence-electron chi connectivity index (χ4n) is 3.62. The van der Waals surface area contributed by atoms with Gasteiger partial charge >= 0.3 is 5.97 Å². The zero-order valence-electron chi connectivity index (χ0n) is 16.0. The van der Waals surface area contributed by atoms with E-state index in [0.717, 1.165) is 11.1 Å². The molecule has 148 valence electrons. The third-order valence-corrected chi connectivity index (χ3v) is 5.23. The van der Waals surface area contributed by atoms with Gasteiger partial charge in [-0.25, -0.2) is 4.39 Å². The molecule has 3 rings (SSSR count). The first-order chi connectivity index (χ1) is 13.4. The van der Waals surface area contributed by atoms with Gasteiger partial charge in [0.1, 0.15) is 5.82 Å². The van der Waals surface area contributed by atoms with Crippen LogP contribution in [0.25, 0.3) is 0 Å². The zero-order valence-corrected chi connectivity index (χ0v) is 16.0. The van der Waals surface area contributed by atoms with Crippen molar-refractivity contribution < 1.29 is 19.1 Å². The van der Waals surface area contributed by atoms with Gasteiger partial charge in [0.25, 0.3) is 5.91 Å². The number of carboxylic acid groups (broad SMARTS) is 1. The van der Waals surface area contributed by atoms with Gasteiger partial charge in [-0.3, -0.25) is 14.5 Å². The molecule has 1 saturated heterocycles. The van der Waals surface area contributed by atoms with Gasteiger partial charge in [-0.15, -0.1) is 0 Å². The molecule has 1 aliphatic rings. The highest BCUT2D eigenvalue weighted by Crippen LogP contribution is 2.27. The molecule has 0 aliphatic carbocycles. The SMILES string of the molecule is Cc1ccc(C(=O)N2CCN([C@H](CCC(=O)O)c3ccc(F)cc3)CC2)cc1. The van der Waals surface area contributed by atoms with E-state index in [1.807, 2.05) is 36.1 Å². The molecule has 2 aromatic carbocycles. The lowest BCUT2D eigenvalue weighted by atomic mass is 9.99. The summed E-state index contributed by atoms with van der Waals surface area (Å²) >= 11 is 0. The molecular weight excluding hydrogens is 359 g/mol. The smallest absolute Gasteiger partial charge is 0.303 e. The maximum Gasteiger partial charge on any atom is 0.303 e. The van der Waals surface area contributed by atoms with Gasteiger partial charge in [0.2, 0.25) is 0 Å². The highest BCUT2D eigenvalue weighted by Gasteiger charge is 2.28. The van der Waals surface area contributed by atoms with Crippen LogP contribution in [0.15, 0.2) is 48.5 Å². The number of piperazine rings is 1. The molecule has 0 radical (unpaired) electrons. The maximum absolute atomic E-state index is 13.3. The monoisotopic (exact) mass is 384 g/mol. The summed E-state index contributed by atoms with van der Waals surface area (Å²) in [5.74, 6) is -1.14. The van der Waals surface area contributed by atoms with Crippen LogP contribution in [0.3, 0.4) is 0 Å². The van der Waals surface area contributed by atoms with Crippen molar-refractivity contribution in [1.29, 1.82) is 0 Å². The van der Waals surface area contributed by atoms with Gasteiger partial charge in [-0.05, 0) is 43.2 Å². The number of benzene rings is 2. The van der Waals surface area contributed by atoms with Crippen LogP contribution in [0.2, 0.25) is 0 Å². The van der Waals surface area contributed by atoms with Gasteiger partial charge in [0, 0.05) is 44.2 Å². The van der Waals surface area contributed by atoms with Crippen molar-refractivity contribution in [2.24, 2.45) is 0 Å². The van der Waals surface area contributed by atoms with Crippen molar-refractivity contribution >= 4 is 11.9 Å². The summed E-state index contributed by atoms with van der Waals surface area (Å²) in [7, 11) is 0. The van der Waals surface area contributed by atoms with Crippen LogP contribution in [0.4, 0.5) is 4.39 Å². The molecular formula is C22H25FN2O3. The van der Waals surface area contributed by atoms with E-state index in [2.05, 4.69) is 4.90 Å². The Morgan fingerprint density at radius 2 is 1.61 bits per heavy atom. The Kier molecular flexibility index (Phi) is 6.41. The maximum atomic E-state index is 13.3. The molecule has 1 N–H and O–H groups in total. The zero-order chi connectivity index (χ0) is 20.1. The first kappa shape index (κ1) is 20.0. The van der Waals surface area contributed by atoms with Crippen molar-refractivity contribution in [3.8, 4) is 0 Å². The normalized spacial score (nSPS) is 16.0. The van der Waals surface area contributed by atoms with Crippen molar-refractivity contribution in [2.45, 2.75) is 25.8 Å². The minimum atomic E-state index is -0.847. The largest absolute Gasteiger partial charge is 0.481 e. The summed E-state index contributed by atoms with van der Waals surface area (Å²) in [6.07, 6.45) is 0.497. The number of aryl methyl sites for hydroxylation is 1. The number of halogens is 1. The van der Waals surface area contributed by atoms with E-state index < -0.39 is 5.97 Å². The summed E-state index contributed by atoms with van der Waals surface area (Å²) in [5, 5.41) is 9.08. The Balaban J connectivity index is 1.67. The molecule has 0 aromatic heterocycles. The number of rotatable bonds is 6. The molecule has 0 unspecified atom stereocenters. The number of carbonyl (C=O) groups excluding carboxylic acids is 1. The first-order valence-electron chi connectivity index (χ1n) is 9.51. The minimum Gasteiger partial charge on any atom is -0.481 e. The van der Waals surface area contributed by atoms with Gasteiger partial charge in [-0.1, -0.05) is 29.8 Å². The van der Waals surface area contributed by atoms with Crippen LogP contribution in [0.5, 0.6) is 0 Å². The van der Waals surface area contributed by atoms with Crippen LogP contribution >= 0.6 is 0 Å². The second kappa shape index (κ2) is 8.97. The summed E-state index contributed by atoms with van der Waals surface area (Å²) in [5.41, 5.74) is 2.70. The summed E-state index contributed by atoms with van der Waals surface area (Å²) in [4.78, 5) is 27.8. The summed E-state index contributed by atoms with van der Waals surface area (Å²) in [6.45, 7) is 4.45. The fourth-order valence-corrected chi connectivity index (χ4v) is 3.62. The number of aliphatic carboxylic acids is 1. The second-order valence-electron chi connectivity index (χ2n) is 7.19. The van der Waals surface area contributed by atoms with Gasteiger partial charge in [0.15, 0.2) is 0 Å². The Hall–Kier alpha value is -2.73. The molecule has 6 heteroatoms. The van der Waals surface area contributed by atoms with E-state index >= 15 is 0 Å². The molecule has 1 heterocycles. The average Bonchev–Trinajstić information content (AvgIpc) is 2.70. The lowest BCUT2D eigenvalue weighted by Gasteiger charge is -2.39. The number of hydrogen-bond acceptors (Lipinski definition) is 3. The summed E-state index contributed by atoms with van der Waals surface area (Å²) in [6, 6.07) is 13.7. The first-order valence-corrected chi connectivity index (χ1v) is 9.51. The topological polar surface area (TPSA) is 60.9 Å². The lowest BCUT2D eigenvalue weighted by Crippen LogP contribution is -2.49. The highest BCUT2D eigenvalue weighted by atomic mass is 19.1. The standard InChI is InChI=1S/C22H25FN2O3/c1-16-2-4-18(5-3-16)22(28)25-14-12-24(13-15-25)20(10-11-21(26)27)17-6-8-19(23)9-7-17/h2-9,20H,10-15H2,1H3,(H,26,27)/t20-/m1/s1. The Morgan fingerprint density at radius 3 is 2.18 bits per heavy atom. The average molecular weight is 384 g/mol. The number of amides is 1. The lowest BCUT2D eigenvalue weighted by molar-refractivity contribution is -0.137. The molecule has 0 bridgehead atoms. The Bertz CT molecular complexity index is 813. The second-order valence-corrected chi connectivity index (χ2v) is 7.19. The van der Waals surface area contributed by atoms with Gasteiger partial charge in [0.05, 0.1) is 0 Å². The van der Waals surface area contributed by atoms with Gasteiger partial charge < -0.3 is 10.0 Å². The predicted octanol–water partition coefficient (Wildman–Crippen LogP) is 3.50. The molecule has 5 nitrogen and oxygen atoms in total. The number of carboxylic acids is 1. The van der Waals surface area contributed by atoms with Crippen LogP contribution in [-0.4, -0.2) is 53.0 Å². The third kappa shape index (κ3) is 4.95. The predicted molar refractivity (Wildman–Crippen MR) is 105 cm³/mol. The molecule has 1 amide bonds. The number of hydrogen-bond donors (Lipinski definition) is 1. The fraction of sp³-hybridized carbons (Fsp3) is 0.364. The summed E-state index contributed by atoms with van der Waals surface area (Å²) < 4.78 is 13.3. The quantitative estimate of drug-likeness (QED) is 0.828. The molecule has 2 aromatic rings.